The lowest BCUT2D eigenvalue weighted by molar-refractivity contribution is 0.174. The van der Waals surface area contributed by atoms with Crippen molar-refractivity contribution in [3.8, 4) is 0 Å². The van der Waals surface area contributed by atoms with Crippen LogP contribution in [-0.4, -0.2) is 50.1 Å². The summed E-state index contributed by atoms with van der Waals surface area (Å²) in [5.41, 5.74) is 0.429. The second kappa shape index (κ2) is 10.2. The van der Waals surface area contributed by atoms with Crippen LogP contribution in [0.3, 0.4) is 0 Å². The molecule has 0 fully saturated rings. The lowest BCUT2D eigenvalue weighted by Gasteiger charge is -2.34. The van der Waals surface area contributed by atoms with Crippen molar-refractivity contribution >= 4 is 11.8 Å². The standard InChI is InChI=1S/C14H32N2S/c1-6-9-14(3,12-15-7-2)13-16(4)10-8-11-17-5/h15H,6-13H2,1-5H3. The van der Waals surface area contributed by atoms with E-state index in [1.54, 1.807) is 0 Å². The Hall–Kier alpha value is 0.270. The third-order valence-corrected chi connectivity index (χ3v) is 3.89. The van der Waals surface area contributed by atoms with E-state index in [2.05, 4.69) is 44.3 Å². The van der Waals surface area contributed by atoms with E-state index < -0.39 is 0 Å². The predicted molar refractivity (Wildman–Crippen MR) is 82.1 cm³/mol. The highest BCUT2D eigenvalue weighted by atomic mass is 32.2. The van der Waals surface area contributed by atoms with Gasteiger partial charge in [-0.15, -0.1) is 0 Å². The SMILES string of the molecule is CCCC(C)(CNCC)CN(C)CCCSC. The third kappa shape index (κ3) is 8.92. The zero-order chi connectivity index (χ0) is 13.1. The molecule has 17 heavy (non-hydrogen) atoms. The number of hydrogen-bond donors (Lipinski definition) is 1. The van der Waals surface area contributed by atoms with Crippen LogP contribution >= 0.6 is 11.8 Å². The molecule has 2 nitrogen and oxygen atoms in total. The predicted octanol–water partition coefficient (Wildman–Crippen LogP) is 3.09. The van der Waals surface area contributed by atoms with Crippen molar-refractivity contribution in [3.05, 3.63) is 0 Å². The van der Waals surface area contributed by atoms with E-state index in [1.165, 1.54) is 38.1 Å². The van der Waals surface area contributed by atoms with Crippen LogP contribution in [0.5, 0.6) is 0 Å². The second-order valence-electron chi connectivity index (χ2n) is 5.43. The van der Waals surface area contributed by atoms with Crippen LogP contribution in [0.25, 0.3) is 0 Å². The first-order chi connectivity index (χ1) is 8.08. The first kappa shape index (κ1) is 17.3. The maximum atomic E-state index is 3.52. The van der Waals surface area contributed by atoms with Crippen LogP contribution in [0.2, 0.25) is 0 Å². The van der Waals surface area contributed by atoms with Crippen molar-refractivity contribution in [3.63, 3.8) is 0 Å². The Labute approximate surface area is 113 Å². The van der Waals surface area contributed by atoms with Gasteiger partial charge in [-0.1, -0.05) is 27.2 Å². The largest absolute Gasteiger partial charge is 0.316 e. The van der Waals surface area contributed by atoms with Crippen LogP contribution in [-0.2, 0) is 0 Å². The first-order valence-electron chi connectivity index (χ1n) is 6.96. The van der Waals surface area contributed by atoms with Crippen LogP contribution in [0, 0.1) is 5.41 Å². The van der Waals surface area contributed by atoms with E-state index in [9.17, 15) is 0 Å². The van der Waals surface area contributed by atoms with Crippen LogP contribution < -0.4 is 5.32 Å². The van der Waals surface area contributed by atoms with Gasteiger partial charge in [0.15, 0.2) is 0 Å². The Bertz CT molecular complexity index is 176. The average molecular weight is 260 g/mol. The molecule has 0 spiro atoms. The molecule has 0 rings (SSSR count). The van der Waals surface area contributed by atoms with Crippen LogP contribution in [0.1, 0.15) is 40.0 Å². The fourth-order valence-electron chi connectivity index (χ4n) is 2.46. The lowest BCUT2D eigenvalue weighted by atomic mass is 9.85. The molecule has 0 aromatic heterocycles. The van der Waals surface area contributed by atoms with Gasteiger partial charge in [-0.05, 0) is 50.4 Å². The van der Waals surface area contributed by atoms with Crippen molar-refractivity contribution in [1.29, 1.82) is 0 Å². The fraction of sp³-hybridized carbons (Fsp3) is 1.00. The summed E-state index contributed by atoms with van der Waals surface area (Å²) in [4.78, 5) is 2.50. The van der Waals surface area contributed by atoms with Gasteiger partial charge in [0.05, 0.1) is 0 Å². The van der Waals surface area contributed by atoms with Gasteiger partial charge in [0, 0.05) is 13.1 Å². The summed E-state index contributed by atoms with van der Waals surface area (Å²) in [6.07, 6.45) is 6.08. The zero-order valence-corrected chi connectivity index (χ0v) is 13.3. The minimum absolute atomic E-state index is 0.429. The molecule has 0 bridgehead atoms. The van der Waals surface area contributed by atoms with Crippen LogP contribution in [0.15, 0.2) is 0 Å². The Morgan fingerprint density at radius 3 is 2.53 bits per heavy atom. The van der Waals surface area contributed by atoms with E-state index in [-0.39, 0.29) is 0 Å². The molecule has 3 heteroatoms. The zero-order valence-electron chi connectivity index (χ0n) is 12.5. The Kier molecular flexibility index (Phi) is 10.4. The molecule has 0 aliphatic carbocycles. The topological polar surface area (TPSA) is 15.3 Å². The summed E-state index contributed by atoms with van der Waals surface area (Å²) >= 11 is 1.95. The normalized spacial score (nSPS) is 15.2. The average Bonchev–Trinajstić information content (AvgIpc) is 2.27. The van der Waals surface area contributed by atoms with Crippen molar-refractivity contribution in [2.45, 2.75) is 40.0 Å². The monoisotopic (exact) mass is 260 g/mol. The van der Waals surface area contributed by atoms with Gasteiger partial charge in [-0.3, -0.25) is 0 Å². The van der Waals surface area contributed by atoms with Gasteiger partial charge < -0.3 is 10.2 Å². The lowest BCUT2D eigenvalue weighted by Crippen LogP contribution is -2.41. The minimum atomic E-state index is 0.429. The summed E-state index contributed by atoms with van der Waals surface area (Å²) < 4.78 is 0. The first-order valence-corrected chi connectivity index (χ1v) is 8.35. The molecule has 0 aromatic carbocycles. The fourth-order valence-corrected chi connectivity index (χ4v) is 2.88. The summed E-state index contributed by atoms with van der Waals surface area (Å²) in [5, 5.41) is 3.52. The molecule has 0 radical (unpaired) electrons. The quantitative estimate of drug-likeness (QED) is 0.575. The molecule has 0 aromatic rings. The molecule has 0 amide bonds. The molecular weight excluding hydrogens is 228 g/mol. The number of hydrogen-bond acceptors (Lipinski definition) is 3. The number of nitrogens with zero attached hydrogens (tertiary/aromatic N) is 1. The van der Waals surface area contributed by atoms with E-state index in [0.717, 1.165) is 13.1 Å². The Morgan fingerprint density at radius 1 is 1.29 bits per heavy atom. The van der Waals surface area contributed by atoms with Gasteiger partial charge in [0.25, 0.3) is 0 Å². The Morgan fingerprint density at radius 2 is 2.00 bits per heavy atom. The van der Waals surface area contributed by atoms with Crippen LogP contribution in [0.4, 0.5) is 0 Å². The number of nitrogens with one attached hydrogen (secondary N) is 1. The van der Waals surface area contributed by atoms with Gasteiger partial charge in [-0.2, -0.15) is 11.8 Å². The molecule has 0 aliphatic heterocycles. The number of thioether (sulfide) groups is 1. The minimum Gasteiger partial charge on any atom is -0.316 e. The summed E-state index contributed by atoms with van der Waals surface area (Å²) in [7, 11) is 2.26. The molecule has 0 saturated heterocycles. The van der Waals surface area contributed by atoms with Crippen molar-refractivity contribution in [2.75, 3.05) is 45.2 Å². The third-order valence-electron chi connectivity index (χ3n) is 3.20. The molecule has 0 aliphatic rings. The van der Waals surface area contributed by atoms with E-state index in [4.69, 9.17) is 0 Å². The van der Waals surface area contributed by atoms with Crippen molar-refractivity contribution in [2.24, 2.45) is 5.41 Å². The number of rotatable bonds is 11. The molecular formula is C14H32N2S. The molecule has 1 N–H and O–H groups in total. The molecule has 0 heterocycles. The van der Waals surface area contributed by atoms with E-state index in [1.807, 2.05) is 11.8 Å². The summed E-state index contributed by atoms with van der Waals surface area (Å²) in [6.45, 7) is 11.6. The van der Waals surface area contributed by atoms with Gasteiger partial charge in [0.1, 0.15) is 0 Å². The van der Waals surface area contributed by atoms with Crippen molar-refractivity contribution < 1.29 is 0 Å². The maximum Gasteiger partial charge on any atom is 0.00444 e. The van der Waals surface area contributed by atoms with E-state index in [0.29, 0.717) is 5.41 Å². The highest BCUT2D eigenvalue weighted by Gasteiger charge is 2.24. The molecule has 104 valence electrons. The summed E-state index contributed by atoms with van der Waals surface area (Å²) in [6, 6.07) is 0. The maximum absolute atomic E-state index is 3.52. The van der Waals surface area contributed by atoms with Crippen molar-refractivity contribution in [1.82, 2.24) is 10.2 Å². The molecule has 1 atom stereocenters. The smallest absolute Gasteiger partial charge is 0.00444 e. The van der Waals surface area contributed by atoms with Gasteiger partial charge in [-0.25, -0.2) is 0 Å². The second-order valence-corrected chi connectivity index (χ2v) is 6.41. The highest BCUT2D eigenvalue weighted by molar-refractivity contribution is 7.98. The highest BCUT2D eigenvalue weighted by Crippen LogP contribution is 2.23. The summed E-state index contributed by atoms with van der Waals surface area (Å²) in [5.74, 6) is 1.28. The molecule has 1 unspecified atom stereocenters. The van der Waals surface area contributed by atoms with E-state index >= 15 is 0 Å². The Balaban J connectivity index is 4.03. The van der Waals surface area contributed by atoms with Gasteiger partial charge in [0.2, 0.25) is 0 Å². The van der Waals surface area contributed by atoms with Gasteiger partial charge >= 0.3 is 0 Å². The molecule has 0 saturated carbocycles.